The largest absolute Gasteiger partial charge is 1.00 e. The van der Waals surface area contributed by atoms with E-state index in [0.717, 1.165) is 0 Å². The first-order valence-electron chi connectivity index (χ1n) is 2.54. The van der Waals surface area contributed by atoms with Crippen LogP contribution in [0.5, 0.6) is 5.75 Å². The van der Waals surface area contributed by atoms with Gasteiger partial charge in [-0.25, -0.2) is 0 Å². The molecule has 0 spiro atoms. The second-order valence-electron chi connectivity index (χ2n) is 1.58. The molecule has 0 heterocycles. The molecule has 0 bridgehead atoms. The van der Waals surface area contributed by atoms with Crippen molar-refractivity contribution in [3.8, 4) is 5.75 Å². The van der Waals surface area contributed by atoms with Crippen LogP contribution in [0.3, 0.4) is 0 Å². The number of rotatable bonds is 1. The van der Waals surface area contributed by atoms with Crippen molar-refractivity contribution in [3.05, 3.63) is 30.1 Å². The molecule has 0 saturated carbocycles. The summed E-state index contributed by atoms with van der Waals surface area (Å²) < 4.78 is 16.9. The third kappa shape index (κ3) is 2.43. The Balaban J connectivity index is 0.000000810. The Hall–Kier alpha value is -0.453. The Bertz CT molecular complexity index is 185. The van der Waals surface area contributed by atoms with E-state index in [9.17, 15) is 4.39 Å². The van der Waals surface area contributed by atoms with Crippen LogP contribution in [0.1, 0.15) is 0 Å². The van der Waals surface area contributed by atoms with Crippen molar-refractivity contribution in [1.29, 1.82) is 0 Å². The normalized spacial score (nSPS) is 8.20. The number of methoxy groups -OCH3 is 1. The van der Waals surface area contributed by atoms with Crippen LogP contribution in [-0.4, -0.2) is 7.11 Å². The molecule has 0 atom stereocenters. The third-order valence-electron chi connectivity index (χ3n) is 0.966. The second kappa shape index (κ2) is 4.38. The van der Waals surface area contributed by atoms with E-state index in [1.54, 1.807) is 0 Å². The minimum atomic E-state index is -0.296. The van der Waals surface area contributed by atoms with Crippen LogP contribution in [-0.2, 0) is 0 Å². The summed E-state index contributed by atoms with van der Waals surface area (Å²) in [4.78, 5) is 0. The van der Waals surface area contributed by atoms with E-state index in [1.807, 2.05) is 0 Å². The van der Waals surface area contributed by atoms with Gasteiger partial charge in [-0.15, -0.1) is 24.3 Å². The first kappa shape index (κ1) is 9.55. The maximum absolute atomic E-state index is 12.1. The van der Waals surface area contributed by atoms with Crippen LogP contribution in [0.4, 0.5) is 4.39 Å². The average Bonchev–Trinajstić information content (AvgIpc) is 1.90. The van der Waals surface area contributed by atoms with Crippen molar-refractivity contribution in [1.82, 2.24) is 0 Å². The molecule has 0 amide bonds. The molecular weight excluding hydrogens is 126 g/mol. The quantitative estimate of drug-likeness (QED) is 0.338. The van der Waals surface area contributed by atoms with E-state index >= 15 is 0 Å². The van der Waals surface area contributed by atoms with Crippen LogP contribution in [0.2, 0.25) is 0 Å². The smallest absolute Gasteiger partial charge is 0.523 e. The predicted octanol–water partition coefficient (Wildman–Crippen LogP) is -1.36. The van der Waals surface area contributed by atoms with E-state index in [2.05, 4.69) is 6.07 Å². The van der Waals surface area contributed by atoms with Gasteiger partial charge in [-0.3, -0.25) is 4.39 Å². The summed E-state index contributed by atoms with van der Waals surface area (Å²) in [6, 6.07) is 6.68. The fraction of sp³-hybridized carbons (Fsp3) is 0.143. The van der Waals surface area contributed by atoms with E-state index in [0.29, 0.717) is 5.75 Å². The number of hydrogen-bond acceptors (Lipinski definition) is 1. The van der Waals surface area contributed by atoms with Crippen LogP contribution in [0, 0.1) is 11.9 Å². The van der Waals surface area contributed by atoms with Gasteiger partial charge >= 0.3 is 18.9 Å². The molecular formula is C7H6FLiO. The van der Waals surface area contributed by atoms with Crippen molar-refractivity contribution >= 4 is 0 Å². The Morgan fingerprint density at radius 3 is 2.60 bits per heavy atom. The second-order valence-corrected chi connectivity index (χ2v) is 1.58. The summed E-state index contributed by atoms with van der Waals surface area (Å²) in [6.45, 7) is 0. The maximum atomic E-state index is 12.1. The molecule has 48 valence electrons. The molecule has 0 aliphatic carbocycles. The first-order valence-corrected chi connectivity index (χ1v) is 2.54. The molecule has 0 saturated heterocycles. The first-order chi connectivity index (χ1) is 4.33. The molecule has 0 fully saturated rings. The van der Waals surface area contributed by atoms with Crippen LogP contribution >= 0.6 is 0 Å². The van der Waals surface area contributed by atoms with Crippen molar-refractivity contribution in [2.75, 3.05) is 7.11 Å². The Kier molecular flexibility index (Phi) is 4.18. The van der Waals surface area contributed by atoms with E-state index in [-0.39, 0.29) is 24.7 Å². The van der Waals surface area contributed by atoms with Crippen LogP contribution in [0.15, 0.2) is 18.2 Å². The number of halogens is 1. The van der Waals surface area contributed by atoms with Crippen LogP contribution in [0.25, 0.3) is 0 Å². The number of ether oxygens (including phenoxy) is 1. The molecule has 0 N–H and O–H groups in total. The molecule has 1 rings (SSSR count). The number of hydrogen-bond donors (Lipinski definition) is 0. The van der Waals surface area contributed by atoms with Gasteiger partial charge in [-0.2, -0.15) is 0 Å². The summed E-state index contributed by atoms with van der Waals surface area (Å²) in [6.07, 6.45) is 0. The summed E-state index contributed by atoms with van der Waals surface area (Å²) in [5.74, 6) is 0.257. The third-order valence-corrected chi connectivity index (χ3v) is 0.966. The van der Waals surface area contributed by atoms with Gasteiger partial charge in [-0.05, 0) is 0 Å². The van der Waals surface area contributed by atoms with Gasteiger partial charge in [0.15, 0.2) is 0 Å². The molecule has 0 unspecified atom stereocenters. The fourth-order valence-corrected chi connectivity index (χ4v) is 0.519. The zero-order chi connectivity index (χ0) is 6.69. The van der Waals surface area contributed by atoms with Gasteiger partial charge in [-0.1, -0.05) is 0 Å². The molecule has 0 aliphatic rings. The maximum Gasteiger partial charge on any atom is 1.00 e. The van der Waals surface area contributed by atoms with Crippen LogP contribution < -0.4 is 23.6 Å². The van der Waals surface area contributed by atoms with Crippen molar-refractivity contribution < 1.29 is 28.0 Å². The minimum absolute atomic E-state index is 0. The Morgan fingerprint density at radius 2 is 2.20 bits per heavy atom. The van der Waals surface area contributed by atoms with Gasteiger partial charge in [0.1, 0.15) is 0 Å². The van der Waals surface area contributed by atoms with E-state index < -0.39 is 0 Å². The Morgan fingerprint density at radius 1 is 1.50 bits per heavy atom. The molecule has 1 aromatic carbocycles. The fourth-order valence-electron chi connectivity index (χ4n) is 0.519. The molecule has 10 heavy (non-hydrogen) atoms. The molecule has 0 aromatic heterocycles. The zero-order valence-corrected chi connectivity index (χ0v) is 6.02. The topological polar surface area (TPSA) is 9.23 Å². The standard InChI is InChI=1S/C7H6FO.Li/c1-9-7-4-2-6(8)3-5-7;/h2-4H,1H3;/q-1;+1. The van der Waals surface area contributed by atoms with Gasteiger partial charge < -0.3 is 4.74 Å². The van der Waals surface area contributed by atoms with E-state index in [1.165, 1.54) is 25.3 Å². The van der Waals surface area contributed by atoms with Crippen molar-refractivity contribution in [2.24, 2.45) is 0 Å². The molecule has 1 nitrogen and oxygen atoms in total. The van der Waals surface area contributed by atoms with Gasteiger partial charge in [0.25, 0.3) is 0 Å². The summed E-state index contributed by atoms with van der Waals surface area (Å²) in [5, 5.41) is 0. The predicted molar refractivity (Wildman–Crippen MR) is 31.8 cm³/mol. The van der Waals surface area contributed by atoms with Crippen molar-refractivity contribution in [2.45, 2.75) is 0 Å². The van der Waals surface area contributed by atoms with Gasteiger partial charge in [0, 0.05) is 11.6 Å². The monoisotopic (exact) mass is 132 g/mol. The summed E-state index contributed by atoms with van der Waals surface area (Å²) in [5.41, 5.74) is 0. The molecule has 0 aliphatic heterocycles. The molecule has 1 aromatic rings. The SMILES string of the molecule is COc1[c-]cc(F)cc1.[Li+]. The van der Waals surface area contributed by atoms with Crippen molar-refractivity contribution in [3.63, 3.8) is 0 Å². The van der Waals surface area contributed by atoms with Gasteiger partial charge in [0.05, 0.1) is 7.11 Å². The van der Waals surface area contributed by atoms with Gasteiger partial charge in [0.2, 0.25) is 0 Å². The zero-order valence-electron chi connectivity index (χ0n) is 6.02. The minimum Gasteiger partial charge on any atom is -0.523 e. The number of benzene rings is 1. The van der Waals surface area contributed by atoms with E-state index in [4.69, 9.17) is 4.74 Å². The molecule has 0 radical (unpaired) electrons. The Labute approximate surface area is 71.4 Å². The molecule has 3 heteroatoms. The summed E-state index contributed by atoms with van der Waals surface area (Å²) >= 11 is 0. The average molecular weight is 132 g/mol. The summed E-state index contributed by atoms with van der Waals surface area (Å²) in [7, 11) is 1.52.